The van der Waals surface area contributed by atoms with Crippen LogP contribution in [0.1, 0.15) is 26.7 Å². The monoisotopic (exact) mass is 388 g/mol. The van der Waals surface area contributed by atoms with Crippen molar-refractivity contribution in [2.24, 2.45) is 5.73 Å². The van der Waals surface area contributed by atoms with Crippen LogP contribution in [0, 0.1) is 0 Å². The summed E-state index contributed by atoms with van der Waals surface area (Å²) < 4.78 is 18.0. The second-order valence-electron chi connectivity index (χ2n) is 7.81. The molecule has 1 amide bonds. The lowest BCUT2D eigenvalue weighted by Crippen LogP contribution is -2.76. The van der Waals surface area contributed by atoms with Crippen LogP contribution in [0.25, 0.3) is 0 Å². The van der Waals surface area contributed by atoms with Crippen molar-refractivity contribution in [3.05, 3.63) is 0 Å². The third-order valence-electron chi connectivity index (χ3n) is 5.80. The minimum Gasteiger partial charge on any atom is -0.390 e. The highest BCUT2D eigenvalue weighted by atomic mass is 16.8. The van der Waals surface area contributed by atoms with Crippen LogP contribution in [-0.2, 0) is 19.0 Å². The van der Waals surface area contributed by atoms with E-state index >= 15 is 0 Å². The van der Waals surface area contributed by atoms with E-state index in [9.17, 15) is 15.0 Å². The van der Waals surface area contributed by atoms with E-state index in [0.29, 0.717) is 12.8 Å². The van der Waals surface area contributed by atoms with Crippen LogP contribution in [0.4, 0.5) is 0 Å². The highest BCUT2D eigenvalue weighted by molar-refractivity contribution is 5.81. The van der Waals surface area contributed by atoms with Crippen LogP contribution in [0.5, 0.6) is 0 Å². The number of carbonyl (C=O) groups excluding carboxylic acids is 1. The molecule has 2 heterocycles. The van der Waals surface area contributed by atoms with E-state index in [0.717, 1.165) is 0 Å². The number of nitrogens with one attached hydrogen (secondary N) is 3. The molecule has 0 aromatic carbocycles. The molecule has 3 unspecified atom stereocenters. The molecule has 1 saturated carbocycles. The lowest BCUT2D eigenvalue weighted by atomic mass is 9.81. The Labute approximate surface area is 159 Å². The van der Waals surface area contributed by atoms with Gasteiger partial charge in [-0.05, 0) is 40.8 Å². The number of carbonyl (C=O) groups is 1. The summed E-state index contributed by atoms with van der Waals surface area (Å²) in [7, 11) is 3.50. The number of aliphatic hydroxyl groups excluding tert-OH is 1. The topological polar surface area (TPSA) is 147 Å². The van der Waals surface area contributed by atoms with Crippen LogP contribution in [-0.4, -0.2) is 90.9 Å². The van der Waals surface area contributed by atoms with Gasteiger partial charge in [-0.2, -0.15) is 0 Å². The number of hydrogen-bond acceptors (Lipinski definition) is 9. The van der Waals surface area contributed by atoms with Crippen molar-refractivity contribution in [2.75, 3.05) is 14.1 Å². The van der Waals surface area contributed by atoms with Crippen molar-refractivity contribution in [1.29, 1.82) is 0 Å². The molecule has 3 fully saturated rings. The van der Waals surface area contributed by atoms with Crippen LogP contribution >= 0.6 is 0 Å². The number of amides is 1. The van der Waals surface area contributed by atoms with Crippen molar-refractivity contribution in [1.82, 2.24) is 16.0 Å². The van der Waals surface area contributed by atoms with E-state index in [1.165, 1.54) is 0 Å². The first kappa shape index (κ1) is 20.9. The van der Waals surface area contributed by atoms with Gasteiger partial charge in [-0.25, -0.2) is 0 Å². The van der Waals surface area contributed by atoms with Gasteiger partial charge in [0.1, 0.15) is 6.10 Å². The fraction of sp³-hybridized carbons (Fsp3) is 0.941. The molecule has 10 heteroatoms. The van der Waals surface area contributed by atoms with Gasteiger partial charge in [0.05, 0.1) is 36.4 Å². The maximum Gasteiger partial charge on any atom is 0.239 e. The Morgan fingerprint density at radius 1 is 1.26 bits per heavy atom. The highest BCUT2D eigenvalue weighted by Crippen LogP contribution is 2.41. The molecule has 27 heavy (non-hydrogen) atoms. The van der Waals surface area contributed by atoms with Crippen LogP contribution in [0.2, 0.25) is 0 Å². The molecule has 3 aliphatic rings. The summed E-state index contributed by atoms with van der Waals surface area (Å²) in [4.78, 5) is 12.1. The SMILES string of the molecule is CN[C@H]1CC2OC3O[C@H](C)C[C@@H](NC(=O)[C@@H](C)N)[C@]3(O)OC2[C@@H](NC)[C@H]1O. The Kier molecular flexibility index (Phi) is 6.09. The van der Waals surface area contributed by atoms with Gasteiger partial charge in [-0.1, -0.05) is 0 Å². The second-order valence-corrected chi connectivity index (χ2v) is 7.81. The van der Waals surface area contributed by atoms with E-state index in [2.05, 4.69) is 16.0 Å². The lowest BCUT2D eigenvalue weighted by molar-refractivity contribution is -0.442. The third kappa shape index (κ3) is 3.73. The average Bonchev–Trinajstić information content (AvgIpc) is 2.61. The van der Waals surface area contributed by atoms with E-state index in [1.54, 1.807) is 21.0 Å². The average molecular weight is 388 g/mol. The fourth-order valence-corrected chi connectivity index (χ4v) is 4.24. The van der Waals surface area contributed by atoms with Gasteiger partial charge in [-0.3, -0.25) is 4.79 Å². The van der Waals surface area contributed by atoms with Gasteiger partial charge in [0, 0.05) is 6.04 Å². The highest BCUT2D eigenvalue weighted by Gasteiger charge is 2.61. The van der Waals surface area contributed by atoms with E-state index < -0.39 is 48.3 Å². The molecule has 2 saturated heterocycles. The summed E-state index contributed by atoms with van der Waals surface area (Å²) in [6.45, 7) is 3.41. The Bertz CT molecular complexity index is 552. The van der Waals surface area contributed by atoms with Crippen molar-refractivity contribution in [2.45, 2.75) is 87.3 Å². The minimum absolute atomic E-state index is 0.187. The molecule has 0 aromatic heterocycles. The molecular weight excluding hydrogens is 356 g/mol. The smallest absolute Gasteiger partial charge is 0.239 e. The van der Waals surface area contributed by atoms with Gasteiger partial charge in [-0.15, -0.1) is 0 Å². The molecule has 0 radical (unpaired) electrons. The lowest BCUT2D eigenvalue weighted by Gasteiger charge is -2.56. The van der Waals surface area contributed by atoms with Gasteiger partial charge in [0.25, 0.3) is 0 Å². The van der Waals surface area contributed by atoms with Gasteiger partial charge < -0.3 is 46.1 Å². The number of likely N-dealkylation sites (N-methyl/N-ethyl adjacent to an activating group) is 2. The third-order valence-corrected chi connectivity index (χ3v) is 5.80. The summed E-state index contributed by atoms with van der Waals surface area (Å²) in [6.07, 6.45) is -2.18. The first-order valence-electron chi connectivity index (χ1n) is 9.50. The number of ether oxygens (including phenoxy) is 3. The molecule has 0 aromatic rings. The second kappa shape index (κ2) is 7.88. The van der Waals surface area contributed by atoms with E-state index in [1.807, 2.05) is 6.92 Å². The zero-order valence-electron chi connectivity index (χ0n) is 16.2. The zero-order chi connectivity index (χ0) is 19.9. The maximum absolute atomic E-state index is 12.1. The normalized spacial score (nSPS) is 48.3. The number of hydrogen-bond donors (Lipinski definition) is 6. The molecule has 7 N–H and O–H groups in total. The number of rotatable bonds is 4. The molecule has 0 bridgehead atoms. The number of aliphatic hydroxyl groups is 2. The fourth-order valence-electron chi connectivity index (χ4n) is 4.24. The van der Waals surface area contributed by atoms with Crippen LogP contribution < -0.4 is 21.7 Å². The first-order chi connectivity index (χ1) is 12.7. The molecule has 10 atom stereocenters. The van der Waals surface area contributed by atoms with E-state index in [-0.39, 0.29) is 18.2 Å². The summed E-state index contributed by atoms with van der Waals surface area (Å²) >= 11 is 0. The standard InChI is InChI=1S/C17H32N4O6/c1-7-5-11(21-15(23)8(2)18)17(24)16(25-7)26-10-6-9(19-3)13(22)12(20-4)14(10)27-17/h7-14,16,19-20,22,24H,5-6,18H2,1-4H3,(H,21,23)/t7-,8-,9+,10?,11-,12+,13+,14?,16?,17+/m1/s1. The van der Waals surface area contributed by atoms with Crippen LogP contribution in [0.15, 0.2) is 0 Å². The first-order valence-corrected chi connectivity index (χ1v) is 9.50. The van der Waals surface area contributed by atoms with Crippen molar-refractivity contribution in [3.8, 4) is 0 Å². The molecule has 0 spiro atoms. The van der Waals surface area contributed by atoms with Crippen molar-refractivity contribution >= 4 is 5.91 Å². The minimum atomic E-state index is -1.88. The maximum atomic E-state index is 12.1. The van der Waals surface area contributed by atoms with E-state index in [4.69, 9.17) is 19.9 Å². The zero-order valence-corrected chi connectivity index (χ0v) is 16.2. The predicted octanol–water partition coefficient (Wildman–Crippen LogP) is -2.63. The Balaban J connectivity index is 1.86. The van der Waals surface area contributed by atoms with Crippen molar-refractivity contribution in [3.63, 3.8) is 0 Å². The Morgan fingerprint density at radius 2 is 1.96 bits per heavy atom. The molecule has 1 aliphatic carbocycles. The van der Waals surface area contributed by atoms with Gasteiger partial charge >= 0.3 is 0 Å². The summed E-state index contributed by atoms with van der Waals surface area (Å²) in [5.74, 6) is -2.27. The molecule has 3 rings (SSSR count). The summed E-state index contributed by atoms with van der Waals surface area (Å²) in [5.41, 5.74) is 5.65. The Hall–Kier alpha value is -0.850. The molecular formula is C17H32N4O6. The largest absolute Gasteiger partial charge is 0.390 e. The molecule has 10 nitrogen and oxygen atoms in total. The molecule has 2 aliphatic heterocycles. The number of fused-ring (bicyclic) bond motifs is 2. The van der Waals surface area contributed by atoms with Gasteiger partial charge in [0.15, 0.2) is 0 Å². The van der Waals surface area contributed by atoms with Gasteiger partial charge in [0.2, 0.25) is 18.0 Å². The van der Waals surface area contributed by atoms with Crippen LogP contribution in [0.3, 0.4) is 0 Å². The predicted molar refractivity (Wildman–Crippen MR) is 95.5 cm³/mol. The molecule has 156 valence electrons. The quantitative estimate of drug-likeness (QED) is 0.304. The summed E-state index contributed by atoms with van der Waals surface area (Å²) in [5, 5.41) is 30.8. The summed E-state index contributed by atoms with van der Waals surface area (Å²) in [6, 6.07) is -2.12. The Morgan fingerprint density at radius 3 is 2.56 bits per heavy atom. The van der Waals surface area contributed by atoms with Crippen molar-refractivity contribution < 1.29 is 29.2 Å². The number of nitrogens with two attached hydrogens (primary N) is 1.